The maximum Gasteiger partial charge on any atom is 0.277 e. The van der Waals surface area contributed by atoms with Gasteiger partial charge in [0.05, 0.1) is 12.0 Å². The first-order valence-electron chi connectivity index (χ1n) is 6.95. The predicted octanol–water partition coefficient (Wildman–Crippen LogP) is 2.16. The van der Waals surface area contributed by atoms with Gasteiger partial charge in [-0.3, -0.25) is 4.79 Å². The first-order valence-corrected chi connectivity index (χ1v) is 6.95. The number of hydrogen-bond donors (Lipinski definition) is 1. The summed E-state index contributed by atoms with van der Waals surface area (Å²) in [5.74, 6) is 0.486. The molecule has 0 aliphatic carbocycles. The standard InChI is InChI=1S/C15H10N6O3/c22-15(12-8-14(24-18-12)13-5-2-6-23-13)17-10-3-1-4-11(7-10)21-9-16-19-20-21/h1-9H,(H,17,22). The van der Waals surface area contributed by atoms with Gasteiger partial charge in [-0.2, -0.15) is 0 Å². The lowest BCUT2D eigenvalue weighted by Crippen LogP contribution is -2.12. The molecule has 0 spiro atoms. The fourth-order valence-corrected chi connectivity index (χ4v) is 2.12. The molecule has 0 aliphatic heterocycles. The summed E-state index contributed by atoms with van der Waals surface area (Å²) >= 11 is 0. The average Bonchev–Trinajstić information content (AvgIpc) is 3.36. The average molecular weight is 322 g/mol. The van der Waals surface area contributed by atoms with Crippen molar-refractivity contribution in [2.24, 2.45) is 0 Å². The maximum absolute atomic E-state index is 12.3. The van der Waals surface area contributed by atoms with Crippen molar-refractivity contribution in [2.75, 3.05) is 5.32 Å². The molecule has 0 atom stereocenters. The van der Waals surface area contributed by atoms with Crippen molar-refractivity contribution in [3.05, 3.63) is 60.7 Å². The van der Waals surface area contributed by atoms with Gasteiger partial charge in [-0.1, -0.05) is 11.2 Å². The molecule has 4 aromatic rings. The number of nitrogens with one attached hydrogen (secondary N) is 1. The van der Waals surface area contributed by atoms with E-state index >= 15 is 0 Å². The third-order valence-corrected chi connectivity index (χ3v) is 3.22. The lowest BCUT2D eigenvalue weighted by molar-refractivity contribution is 0.101. The predicted molar refractivity (Wildman–Crippen MR) is 81.3 cm³/mol. The third-order valence-electron chi connectivity index (χ3n) is 3.22. The number of aromatic nitrogens is 5. The summed E-state index contributed by atoms with van der Waals surface area (Å²) in [6.07, 6.45) is 2.98. The van der Waals surface area contributed by atoms with Crippen LogP contribution in [0.15, 0.2) is 64.0 Å². The van der Waals surface area contributed by atoms with Crippen LogP contribution in [0.5, 0.6) is 0 Å². The SMILES string of the molecule is O=C(Nc1cccc(-n2cnnn2)c1)c1cc(-c2ccco2)on1. The summed E-state index contributed by atoms with van der Waals surface area (Å²) < 4.78 is 11.8. The molecule has 3 heterocycles. The van der Waals surface area contributed by atoms with E-state index in [9.17, 15) is 4.79 Å². The van der Waals surface area contributed by atoms with Crippen LogP contribution in [-0.4, -0.2) is 31.3 Å². The van der Waals surface area contributed by atoms with E-state index in [1.165, 1.54) is 23.3 Å². The van der Waals surface area contributed by atoms with Crippen molar-refractivity contribution in [1.82, 2.24) is 25.4 Å². The number of carbonyl (C=O) groups excluding carboxylic acids is 1. The Balaban J connectivity index is 1.53. The molecule has 0 fully saturated rings. The topological polar surface area (TPSA) is 112 Å². The highest BCUT2D eigenvalue weighted by molar-refractivity contribution is 6.03. The molecular formula is C15H10N6O3. The molecule has 0 bridgehead atoms. The Morgan fingerprint density at radius 3 is 2.88 bits per heavy atom. The van der Waals surface area contributed by atoms with Crippen molar-refractivity contribution in [1.29, 1.82) is 0 Å². The summed E-state index contributed by atoms with van der Waals surface area (Å²) in [5, 5.41) is 17.5. The fraction of sp³-hybridized carbons (Fsp3) is 0. The minimum absolute atomic E-state index is 0.147. The fourth-order valence-electron chi connectivity index (χ4n) is 2.12. The van der Waals surface area contributed by atoms with Crippen molar-refractivity contribution in [3.8, 4) is 17.2 Å². The third kappa shape index (κ3) is 2.65. The Labute approximate surface area is 134 Å². The monoisotopic (exact) mass is 322 g/mol. The lowest BCUT2D eigenvalue weighted by atomic mass is 10.2. The highest BCUT2D eigenvalue weighted by Gasteiger charge is 2.15. The number of amides is 1. The molecule has 0 saturated heterocycles. The van der Waals surface area contributed by atoms with E-state index in [1.54, 1.807) is 30.3 Å². The molecule has 1 aromatic carbocycles. The second-order valence-electron chi connectivity index (χ2n) is 4.81. The molecule has 118 valence electrons. The zero-order valence-electron chi connectivity index (χ0n) is 12.2. The highest BCUT2D eigenvalue weighted by atomic mass is 16.5. The highest BCUT2D eigenvalue weighted by Crippen LogP contribution is 2.21. The van der Waals surface area contributed by atoms with Gasteiger partial charge in [0.2, 0.25) is 5.76 Å². The Kier molecular flexibility index (Phi) is 3.35. The van der Waals surface area contributed by atoms with E-state index in [1.807, 2.05) is 6.07 Å². The molecule has 1 N–H and O–H groups in total. The Bertz CT molecular complexity index is 959. The van der Waals surface area contributed by atoms with E-state index in [0.717, 1.165) is 0 Å². The van der Waals surface area contributed by atoms with Crippen molar-refractivity contribution in [3.63, 3.8) is 0 Å². The van der Waals surface area contributed by atoms with Gasteiger partial charge in [0.15, 0.2) is 11.5 Å². The molecule has 0 saturated carbocycles. The van der Waals surface area contributed by atoms with Crippen LogP contribution in [-0.2, 0) is 0 Å². The van der Waals surface area contributed by atoms with Crippen LogP contribution in [0.3, 0.4) is 0 Å². The molecule has 24 heavy (non-hydrogen) atoms. The van der Waals surface area contributed by atoms with Crippen LogP contribution in [0, 0.1) is 0 Å². The molecule has 3 aromatic heterocycles. The molecule has 9 heteroatoms. The zero-order valence-corrected chi connectivity index (χ0v) is 12.2. The summed E-state index contributed by atoms with van der Waals surface area (Å²) in [7, 11) is 0. The number of nitrogens with zero attached hydrogens (tertiary/aromatic N) is 5. The normalized spacial score (nSPS) is 10.7. The smallest absolute Gasteiger partial charge is 0.277 e. The minimum atomic E-state index is -0.398. The minimum Gasteiger partial charge on any atom is -0.461 e. The quantitative estimate of drug-likeness (QED) is 0.612. The number of benzene rings is 1. The van der Waals surface area contributed by atoms with E-state index in [2.05, 4.69) is 26.0 Å². The van der Waals surface area contributed by atoms with Gasteiger partial charge >= 0.3 is 0 Å². The summed E-state index contributed by atoms with van der Waals surface area (Å²) in [6.45, 7) is 0. The summed E-state index contributed by atoms with van der Waals surface area (Å²) in [5.41, 5.74) is 1.44. The number of anilines is 1. The number of carbonyl (C=O) groups is 1. The lowest BCUT2D eigenvalue weighted by Gasteiger charge is -2.05. The Hall–Kier alpha value is -3.75. The van der Waals surface area contributed by atoms with Crippen LogP contribution in [0.25, 0.3) is 17.2 Å². The first kappa shape index (κ1) is 13.9. The molecule has 0 radical (unpaired) electrons. The van der Waals surface area contributed by atoms with E-state index in [0.29, 0.717) is 22.9 Å². The van der Waals surface area contributed by atoms with Crippen LogP contribution in [0.4, 0.5) is 5.69 Å². The largest absolute Gasteiger partial charge is 0.461 e. The van der Waals surface area contributed by atoms with E-state index in [4.69, 9.17) is 8.94 Å². The van der Waals surface area contributed by atoms with Gasteiger partial charge < -0.3 is 14.3 Å². The first-order chi connectivity index (χ1) is 11.8. The number of hydrogen-bond acceptors (Lipinski definition) is 7. The van der Waals surface area contributed by atoms with Crippen molar-refractivity contribution >= 4 is 11.6 Å². The van der Waals surface area contributed by atoms with Gasteiger partial charge in [0.1, 0.15) is 6.33 Å². The number of rotatable bonds is 4. The molecule has 4 rings (SSSR count). The molecule has 0 unspecified atom stereocenters. The van der Waals surface area contributed by atoms with Gasteiger partial charge in [0.25, 0.3) is 5.91 Å². The van der Waals surface area contributed by atoms with Crippen LogP contribution < -0.4 is 5.32 Å². The Morgan fingerprint density at radius 2 is 2.08 bits per heavy atom. The van der Waals surface area contributed by atoms with Gasteiger partial charge in [-0.25, -0.2) is 4.68 Å². The van der Waals surface area contributed by atoms with Gasteiger partial charge in [-0.05, 0) is 40.8 Å². The number of tetrazole rings is 1. The van der Waals surface area contributed by atoms with E-state index in [-0.39, 0.29) is 5.69 Å². The molecule has 1 amide bonds. The molecular weight excluding hydrogens is 312 g/mol. The zero-order chi connectivity index (χ0) is 16.4. The van der Waals surface area contributed by atoms with Crippen LogP contribution in [0.1, 0.15) is 10.5 Å². The van der Waals surface area contributed by atoms with Crippen molar-refractivity contribution < 1.29 is 13.7 Å². The molecule has 9 nitrogen and oxygen atoms in total. The summed E-state index contributed by atoms with van der Waals surface area (Å²) in [4.78, 5) is 12.3. The molecule has 0 aliphatic rings. The summed E-state index contributed by atoms with van der Waals surface area (Å²) in [6, 6.07) is 12.0. The van der Waals surface area contributed by atoms with Gasteiger partial charge in [-0.15, -0.1) is 5.10 Å². The second kappa shape index (κ2) is 5.80. The van der Waals surface area contributed by atoms with Gasteiger partial charge in [0, 0.05) is 11.8 Å². The second-order valence-corrected chi connectivity index (χ2v) is 4.81. The van der Waals surface area contributed by atoms with E-state index < -0.39 is 5.91 Å². The Morgan fingerprint density at radius 1 is 1.12 bits per heavy atom. The van der Waals surface area contributed by atoms with Crippen LogP contribution >= 0.6 is 0 Å². The number of furan rings is 1. The van der Waals surface area contributed by atoms with Crippen molar-refractivity contribution in [2.45, 2.75) is 0 Å². The van der Waals surface area contributed by atoms with Crippen LogP contribution in [0.2, 0.25) is 0 Å². The maximum atomic E-state index is 12.3.